The number of ether oxygens (including phenoxy) is 1. The SMILES string of the molecule is COCCN1C(=O)c2ccccc2N[C@@H]1c1ccc(C)o1. The standard InChI is InChI=1S/C16H18N2O3/c1-11-7-8-14(21-11)15-17-13-6-4-3-5-12(13)16(19)18(15)9-10-20-2/h3-8,15,17H,9-10H2,1-2H3/t15-/m0/s1. The maximum Gasteiger partial charge on any atom is 0.258 e. The van der Waals surface area contributed by atoms with Crippen LogP contribution in [0.3, 0.4) is 0 Å². The summed E-state index contributed by atoms with van der Waals surface area (Å²) in [6.07, 6.45) is -0.309. The van der Waals surface area contributed by atoms with Gasteiger partial charge in [0.15, 0.2) is 6.17 Å². The molecule has 0 radical (unpaired) electrons. The molecule has 1 aromatic carbocycles. The summed E-state index contributed by atoms with van der Waals surface area (Å²) in [4.78, 5) is 14.4. The molecule has 2 aromatic rings. The fourth-order valence-electron chi connectivity index (χ4n) is 2.54. The lowest BCUT2D eigenvalue weighted by Crippen LogP contribution is -2.44. The van der Waals surface area contributed by atoms with Crippen LogP contribution in [0.4, 0.5) is 5.69 Å². The van der Waals surface area contributed by atoms with E-state index in [0.29, 0.717) is 18.7 Å². The minimum absolute atomic E-state index is 0.0135. The van der Waals surface area contributed by atoms with Gasteiger partial charge in [-0.3, -0.25) is 4.79 Å². The lowest BCUT2D eigenvalue weighted by Gasteiger charge is -2.36. The zero-order chi connectivity index (χ0) is 14.8. The topological polar surface area (TPSA) is 54.7 Å². The molecule has 0 fully saturated rings. The van der Waals surface area contributed by atoms with Gasteiger partial charge < -0.3 is 19.4 Å². The molecule has 0 saturated heterocycles. The van der Waals surface area contributed by atoms with Gasteiger partial charge in [-0.05, 0) is 31.2 Å². The lowest BCUT2D eigenvalue weighted by atomic mass is 10.1. The van der Waals surface area contributed by atoms with Crippen molar-refractivity contribution < 1.29 is 13.9 Å². The molecular weight excluding hydrogens is 268 g/mol. The minimum Gasteiger partial charge on any atom is -0.462 e. The summed E-state index contributed by atoms with van der Waals surface area (Å²) in [6, 6.07) is 11.3. The number of hydrogen-bond donors (Lipinski definition) is 1. The smallest absolute Gasteiger partial charge is 0.258 e. The Morgan fingerprint density at radius 2 is 2.10 bits per heavy atom. The van der Waals surface area contributed by atoms with Gasteiger partial charge in [0.2, 0.25) is 0 Å². The van der Waals surface area contributed by atoms with E-state index in [9.17, 15) is 4.79 Å². The Morgan fingerprint density at radius 3 is 2.81 bits per heavy atom. The fraction of sp³-hybridized carbons (Fsp3) is 0.312. The van der Waals surface area contributed by atoms with E-state index in [1.165, 1.54) is 0 Å². The molecule has 1 atom stereocenters. The molecule has 1 aliphatic rings. The summed E-state index contributed by atoms with van der Waals surface area (Å²) in [7, 11) is 1.63. The van der Waals surface area contributed by atoms with Gasteiger partial charge in [-0.15, -0.1) is 0 Å². The number of methoxy groups -OCH3 is 1. The predicted octanol–water partition coefficient (Wildman–Crippen LogP) is 2.80. The van der Waals surface area contributed by atoms with Crippen molar-refractivity contribution in [2.45, 2.75) is 13.1 Å². The Hall–Kier alpha value is -2.27. The van der Waals surface area contributed by atoms with Crippen LogP contribution in [0.15, 0.2) is 40.8 Å². The molecule has 1 N–H and O–H groups in total. The summed E-state index contributed by atoms with van der Waals surface area (Å²) < 4.78 is 10.8. The summed E-state index contributed by atoms with van der Waals surface area (Å²) in [6.45, 7) is 2.87. The molecule has 0 unspecified atom stereocenters. The van der Waals surface area contributed by atoms with Crippen LogP contribution < -0.4 is 5.32 Å². The zero-order valence-corrected chi connectivity index (χ0v) is 12.1. The Kier molecular flexibility index (Phi) is 3.66. The molecule has 0 saturated carbocycles. The number of hydrogen-bond acceptors (Lipinski definition) is 4. The monoisotopic (exact) mass is 286 g/mol. The minimum atomic E-state index is -0.309. The number of fused-ring (bicyclic) bond motifs is 1. The number of nitrogens with one attached hydrogen (secondary N) is 1. The highest BCUT2D eigenvalue weighted by molar-refractivity contribution is 6.01. The van der Waals surface area contributed by atoms with Gasteiger partial charge in [0.05, 0.1) is 12.2 Å². The molecule has 1 aromatic heterocycles. The van der Waals surface area contributed by atoms with Crippen molar-refractivity contribution in [1.29, 1.82) is 0 Å². The summed E-state index contributed by atoms with van der Waals surface area (Å²) in [5, 5.41) is 3.37. The fourth-order valence-corrected chi connectivity index (χ4v) is 2.54. The van der Waals surface area contributed by atoms with Crippen LogP contribution in [0.25, 0.3) is 0 Å². The first-order valence-corrected chi connectivity index (χ1v) is 6.92. The number of furan rings is 1. The van der Waals surface area contributed by atoms with Crippen molar-refractivity contribution in [2.75, 3.05) is 25.6 Å². The van der Waals surface area contributed by atoms with Gasteiger partial charge >= 0.3 is 0 Å². The van der Waals surface area contributed by atoms with E-state index in [1.807, 2.05) is 43.3 Å². The summed E-state index contributed by atoms with van der Waals surface area (Å²) in [5.41, 5.74) is 1.50. The van der Waals surface area contributed by atoms with Gasteiger partial charge in [-0.1, -0.05) is 12.1 Å². The van der Waals surface area contributed by atoms with Gasteiger partial charge in [0.1, 0.15) is 11.5 Å². The number of aryl methyl sites for hydroxylation is 1. The van der Waals surface area contributed by atoms with Gasteiger partial charge in [0, 0.05) is 19.3 Å². The Balaban J connectivity index is 1.98. The maximum atomic E-state index is 12.7. The second-order valence-electron chi connectivity index (χ2n) is 5.03. The van der Waals surface area contributed by atoms with E-state index in [1.54, 1.807) is 12.0 Å². The number of rotatable bonds is 4. The first-order chi connectivity index (χ1) is 10.2. The highest BCUT2D eigenvalue weighted by Gasteiger charge is 2.34. The van der Waals surface area contributed by atoms with Crippen molar-refractivity contribution in [1.82, 2.24) is 4.90 Å². The van der Waals surface area contributed by atoms with Crippen LogP contribution in [-0.2, 0) is 4.74 Å². The molecule has 0 spiro atoms. The van der Waals surface area contributed by atoms with E-state index in [0.717, 1.165) is 17.2 Å². The highest BCUT2D eigenvalue weighted by Crippen LogP contribution is 2.33. The third kappa shape index (κ3) is 2.52. The number of nitrogens with zero attached hydrogens (tertiary/aromatic N) is 1. The Labute approximate surface area is 123 Å². The van der Waals surface area contributed by atoms with Gasteiger partial charge in [0.25, 0.3) is 5.91 Å². The number of carbonyl (C=O) groups is 1. The van der Waals surface area contributed by atoms with Gasteiger partial charge in [-0.25, -0.2) is 0 Å². The third-order valence-electron chi connectivity index (χ3n) is 3.59. The normalized spacial score (nSPS) is 17.5. The van der Waals surface area contributed by atoms with Crippen molar-refractivity contribution >= 4 is 11.6 Å². The molecule has 110 valence electrons. The number of benzene rings is 1. The van der Waals surface area contributed by atoms with Crippen molar-refractivity contribution in [3.8, 4) is 0 Å². The first kappa shape index (κ1) is 13.7. The largest absolute Gasteiger partial charge is 0.462 e. The van der Waals surface area contributed by atoms with E-state index >= 15 is 0 Å². The van der Waals surface area contributed by atoms with Crippen molar-refractivity contribution in [3.05, 3.63) is 53.5 Å². The first-order valence-electron chi connectivity index (χ1n) is 6.92. The molecule has 5 heteroatoms. The van der Waals surface area contributed by atoms with Crippen molar-refractivity contribution in [3.63, 3.8) is 0 Å². The van der Waals surface area contributed by atoms with E-state index < -0.39 is 0 Å². The van der Waals surface area contributed by atoms with Crippen LogP contribution in [0.5, 0.6) is 0 Å². The highest BCUT2D eigenvalue weighted by atomic mass is 16.5. The number of anilines is 1. The summed E-state index contributed by atoms with van der Waals surface area (Å²) in [5.74, 6) is 1.54. The van der Waals surface area contributed by atoms with Crippen molar-refractivity contribution in [2.24, 2.45) is 0 Å². The number of para-hydroxylation sites is 1. The molecule has 2 heterocycles. The van der Waals surface area contributed by atoms with Crippen LogP contribution >= 0.6 is 0 Å². The zero-order valence-electron chi connectivity index (χ0n) is 12.1. The number of amides is 1. The van der Waals surface area contributed by atoms with E-state index in [2.05, 4.69) is 5.32 Å². The molecule has 1 aliphatic heterocycles. The number of carbonyl (C=O) groups excluding carboxylic acids is 1. The Morgan fingerprint density at radius 1 is 1.29 bits per heavy atom. The lowest BCUT2D eigenvalue weighted by molar-refractivity contribution is 0.0585. The van der Waals surface area contributed by atoms with E-state index in [4.69, 9.17) is 9.15 Å². The van der Waals surface area contributed by atoms with Crippen LogP contribution in [0.2, 0.25) is 0 Å². The molecule has 5 nitrogen and oxygen atoms in total. The average Bonchev–Trinajstić information content (AvgIpc) is 2.93. The quantitative estimate of drug-likeness (QED) is 0.939. The molecule has 0 bridgehead atoms. The second-order valence-corrected chi connectivity index (χ2v) is 5.03. The molecule has 0 aliphatic carbocycles. The second kappa shape index (κ2) is 5.61. The van der Waals surface area contributed by atoms with Crippen LogP contribution in [0, 0.1) is 6.92 Å². The van der Waals surface area contributed by atoms with Gasteiger partial charge in [-0.2, -0.15) is 0 Å². The average molecular weight is 286 g/mol. The summed E-state index contributed by atoms with van der Waals surface area (Å²) >= 11 is 0. The molecule has 3 rings (SSSR count). The van der Waals surface area contributed by atoms with Crippen LogP contribution in [-0.4, -0.2) is 31.1 Å². The van der Waals surface area contributed by atoms with E-state index in [-0.39, 0.29) is 12.1 Å². The third-order valence-corrected chi connectivity index (χ3v) is 3.59. The molecule has 21 heavy (non-hydrogen) atoms. The Bertz CT molecular complexity index is 650. The molecule has 1 amide bonds. The predicted molar refractivity (Wildman–Crippen MR) is 79.2 cm³/mol. The maximum absolute atomic E-state index is 12.7. The van der Waals surface area contributed by atoms with Crippen LogP contribution in [0.1, 0.15) is 28.0 Å². The molecular formula is C16H18N2O3.